The molecule has 1 aromatic heterocycles. The minimum absolute atomic E-state index is 0.108. The highest BCUT2D eigenvalue weighted by atomic mass is 16.6. The first-order chi connectivity index (χ1) is 13.7. The average molecular weight is 403 g/mol. The summed E-state index contributed by atoms with van der Waals surface area (Å²) in [4.78, 5) is 26.5. The van der Waals surface area contributed by atoms with E-state index in [0.29, 0.717) is 23.3 Å². The normalized spacial score (nSPS) is 16.0. The Kier molecular flexibility index (Phi) is 6.36. The molecule has 0 radical (unpaired) electrons. The summed E-state index contributed by atoms with van der Waals surface area (Å²) < 4.78 is 12.2. The van der Waals surface area contributed by atoms with Crippen molar-refractivity contribution >= 4 is 17.1 Å². The number of rotatable bonds is 5. The van der Waals surface area contributed by atoms with E-state index in [-0.39, 0.29) is 17.8 Å². The van der Waals surface area contributed by atoms with Crippen LogP contribution in [-0.4, -0.2) is 64.1 Å². The number of carbonyl (C=O) groups excluding carboxylic acids is 1. The number of alkyl carbamates (subject to hydrolysis) is 1. The molecule has 2 aromatic rings. The van der Waals surface area contributed by atoms with Crippen LogP contribution in [0.1, 0.15) is 33.6 Å². The molecule has 0 aliphatic carbocycles. The van der Waals surface area contributed by atoms with Crippen molar-refractivity contribution < 1.29 is 14.3 Å². The van der Waals surface area contributed by atoms with Gasteiger partial charge in [0.15, 0.2) is 0 Å². The third-order valence-corrected chi connectivity index (χ3v) is 4.90. The lowest BCUT2D eigenvalue weighted by molar-refractivity contribution is 0.0478. The summed E-state index contributed by atoms with van der Waals surface area (Å²) in [6, 6.07) is 5.51. The van der Waals surface area contributed by atoms with Crippen molar-refractivity contribution in [1.82, 2.24) is 25.0 Å². The second kappa shape index (κ2) is 8.77. The predicted octanol–water partition coefficient (Wildman–Crippen LogP) is 1.79. The Morgan fingerprint density at radius 1 is 1.21 bits per heavy atom. The molecule has 0 unspecified atom stereocenters. The predicted molar refractivity (Wildman–Crippen MR) is 109 cm³/mol. The van der Waals surface area contributed by atoms with Crippen molar-refractivity contribution in [2.45, 2.75) is 51.8 Å². The molecule has 9 heteroatoms. The van der Waals surface area contributed by atoms with Crippen LogP contribution >= 0.6 is 0 Å². The van der Waals surface area contributed by atoms with Gasteiger partial charge in [-0.1, -0.05) is 5.10 Å². The van der Waals surface area contributed by atoms with E-state index >= 15 is 0 Å². The molecule has 1 aliphatic rings. The van der Waals surface area contributed by atoms with Gasteiger partial charge in [0.2, 0.25) is 0 Å². The molecule has 2 heterocycles. The Morgan fingerprint density at radius 2 is 1.93 bits per heavy atom. The lowest BCUT2D eigenvalue weighted by Gasteiger charge is -2.32. The monoisotopic (exact) mass is 403 g/mol. The molecule has 0 bridgehead atoms. The lowest BCUT2D eigenvalue weighted by Crippen LogP contribution is -2.46. The van der Waals surface area contributed by atoms with Crippen molar-refractivity contribution in [3.05, 3.63) is 28.7 Å². The maximum Gasteiger partial charge on any atom is 0.407 e. The number of methoxy groups -OCH3 is 1. The Bertz CT molecular complexity index is 913. The second-order valence-electron chi connectivity index (χ2n) is 8.25. The van der Waals surface area contributed by atoms with E-state index in [4.69, 9.17) is 9.47 Å². The third kappa shape index (κ3) is 5.66. The smallest absolute Gasteiger partial charge is 0.407 e. The maximum absolute atomic E-state index is 12.3. The van der Waals surface area contributed by atoms with Gasteiger partial charge in [-0.25, -0.2) is 9.59 Å². The summed E-state index contributed by atoms with van der Waals surface area (Å²) in [6.45, 7) is 8.47. The molecule has 1 amide bonds. The Labute approximate surface area is 170 Å². The fraction of sp³-hybridized carbons (Fsp3) is 0.600. The molecule has 1 aliphatic heterocycles. The highest BCUT2D eigenvalue weighted by Gasteiger charge is 2.23. The van der Waals surface area contributed by atoms with Crippen molar-refractivity contribution in [1.29, 1.82) is 0 Å². The lowest BCUT2D eigenvalue weighted by atomic mass is 10.1. The van der Waals surface area contributed by atoms with Gasteiger partial charge in [-0.15, -0.1) is 5.10 Å². The number of piperidine rings is 1. The van der Waals surface area contributed by atoms with E-state index in [1.54, 1.807) is 23.8 Å². The number of hydrogen-bond acceptors (Lipinski definition) is 7. The van der Waals surface area contributed by atoms with Crippen LogP contribution in [0.25, 0.3) is 11.0 Å². The van der Waals surface area contributed by atoms with Crippen LogP contribution < -0.4 is 15.7 Å². The second-order valence-corrected chi connectivity index (χ2v) is 8.25. The zero-order valence-electron chi connectivity index (χ0n) is 17.5. The first-order valence-corrected chi connectivity index (χ1v) is 9.88. The van der Waals surface area contributed by atoms with Gasteiger partial charge < -0.3 is 19.7 Å². The average Bonchev–Trinajstić information content (AvgIpc) is 2.66. The molecule has 1 aromatic carbocycles. The van der Waals surface area contributed by atoms with Gasteiger partial charge in [0, 0.05) is 38.3 Å². The van der Waals surface area contributed by atoms with E-state index < -0.39 is 5.60 Å². The number of likely N-dealkylation sites (tertiary alicyclic amines) is 1. The highest BCUT2D eigenvalue weighted by Crippen LogP contribution is 2.18. The molecule has 158 valence electrons. The molecule has 29 heavy (non-hydrogen) atoms. The first-order valence-electron chi connectivity index (χ1n) is 9.88. The minimum atomic E-state index is -0.498. The van der Waals surface area contributed by atoms with E-state index in [0.717, 1.165) is 32.5 Å². The van der Waals surface area contributed by atoms with Crippen molar-refractivity contribution in [3.8, 4) is 5.75 Å². The molecule has 9 nitrogen and oxygen atoms in total. The fourth-order valence-electron chi connectivity index (χ4n) is 3.42. The quantitative estimate of drug-likeness (QED) is 0.813. The number of benzene rings is 1. The zero-order chi connectivity index (χ0) is 21.0. The van der Waals surface area contributed by atoms with E-state index in [1.807, 2.05) is 26.8 Å². The number of ether oxygens (including phenoxy) is 2. The molecule has 0 saturated carbocycles. The summed E-state index contributed by atoms with van der Waals surface area (Å²) in [5.74, 6) is 0.674. The molecule has 3 rings (SSSR count). The number of carbonyl (C=O) groups is 1. The minimum Gasteiger partial charge on any atom is -0.497 e. The summed E-state index contributed by atoms with van der Waals surface area (Å²) in [7, 11) is 1.59. The van der Waals surface area contributed by atoms with Gasteiger partial charge in [-0.3, -0.25) is 4.57 Å². The van der Waals surface area contributed by atoms with E-state index in [2.05, 4.69) is 20.4 Å². The van der Waals surface area contributed by atoms with Crippen molar-refractivity contribution in [2.24, 2.45) is 0 Å². The standard InChI is InChI=1S/C20H29N5O4/c1-20(2,3)29-19(27)21-14-7-9-24(10-8-14)11-12-25-17-13-15(28-4)5-6-16(17)22-23-18(25)26/h5-6,13-14H,7-12H2,1-4H3,(H,21,27). The molecule has 1 saturated heterocycles. The molecule has 0 spiro atoms. The number of nitrogens with zero attached hydrogens (tertiary/aromatic N) is 4. The summed E-state index contributed by atoms with van der Waals surface area (Å²) in [6.07, 6.45) is 1.32. The Balaban J connectivity index is 1.56. The van der Waals surface area contributed by atoms with Crippen LogP contribution in [0.5, 0.6) is 5.75 Å². The molecule has 0 atom stereocenters. The fourth-order valence-corrected chi connectivity index (χ4v) is 3.42. The topological polar surface area (TPSA) is 98.6 Å². The number of amides is 1. The molecular weight excluding hydrogens is 374 g/mol. The Morgan fingerprint density at radius 3 is 2.59 bits per heavy atom. The first kappa shape index (κ1) is 21.0. The molecular formula is C20H29N5O4. The summed E-state index contributed by atoms with van der Waals surface area (Å²) in [5, 5.41) is 10.6. The largest absolute Gasteiger partial charge is 0.497 e. The number of nitrogens with one attached hydrogen (secondary N) is 1. The summed E-state index contributed by atoms with van der Waals surface area (Å²) in [5.41, 5.74) is 0.506. The summed E-state index contributed by atoms with van der Waals surface area (Å²) >= 11 is 0. The van der Waals surface area contributed by atoms with Crippen LogP contribution in [0.15, 0.2) is 23.0 Å². The van der Waals surface area contributed by atoms with Crippen LogP contribution in [0.2, 0.25) is 0 Å². The van der Waals surface area contributed by atoms with Gasteiger partial charge in [0.05, 0.1) is 12.6 Å². The van der Waals surface area contributed by atoms with Crippen molar-refractivity contribution in [2.75, 3.05) is 26.7 Å². The van der Waals surface area contributed by atoms with Crippen LogP contribution in [0, 0.1) is 0 Å². The van der Waals surface area contributed by atoms with Gasteiger partial charge in [0.25, 0.3) is 0 Å². The number of aromatic nitrogens is 3. The van der Waals surface area contributed by atoms with Crippen LogP contribution in [-0.2, 0) is 11.3 Å². The molecule has 1 N–H and O–H groups in total. The Hall–Kier alpha value is -2.68. The van der Waals surface area contributed by atoms with Gasteiger partial charge in [-0.05, 0) is 45.7 Å². The van der Waals surface area contributed by atoms with E-state index in [9.17, 15) is 9.59 Å². The van der Waals surface area contributed by atoms with Gasteiger partial charge in [0.1, 0.15) is 16.9 Å². The van der Waals surface area contributed by atoms with Gasteiger partial charge >= 0.3 is 11.8 Å². The zero-order valence-corrected chi connectivity index (χ0v) is 17.5. The maximum atomic E-state index is 12.3. The van der Waals surface area contributed by atoms with Crippen LogP contribution in [0.4, 0.5) is 4.79 Å². The number of fused-ring (bicyclic) bond motifs is 1. The van der Waals surface area contributed by atoms with Crippen LogP contribution in [0.3, 0.4) is 0 Å². The van der Waals surface area contributed by atoms with E-state index in [1.165, 1.54) is 0 Å². The van der Waals surface area contributed by atoms with Crippen molar-refractivity contribution in [3.63, 3.8) is 0 Å². The highest BCUT2D eigenvalue weighted by molar-refractivity contribution is 5.75. The molecule has 1 fully saturated rings. The third-order valence-electron chi connectivity index (χ3n) is 4.90. The van der Waals surface area contributed by atoms with Gasteiger partial charge in [-0.2, -0.15) is 0 Å². The SMILES string of the molecule is COc1ccc2nnc(=O)n(CCN3CCC(NC(=O)OC(C)(C)C)CC3)c2c1. The number of hydrogen-bond donors (Lipinski definition) is 1.